The largest absolute Gasteiger partial charge is 0.483 e. The van der Waals surface area contributed by atoms with Gasteiger partial charge in [0.1, 0.15) is 48.5 Å². The lowest BCUT2D eigenvalue weighted by Gasteiger charge is -2.28. The van der Waals surface area contributed by atoms with Crippen LogP contribution in [0.2, 0.25) is 0 Å². The third-order valence-corrected chi connectivity index (χ3v) is 9.91. The average molecular weight is 717 g/mol. The summed E-state index contributed by atoms with van der Waals surface area (Å²) in [6.07, 6.45) is -5.52. The van der Waals surface area contributed by atoms with E-state index in [9.17, 15) is 48.6 Å². The van der Waals surface area contributed by atoms with E-state index in [1.807, 2.05) is 0 Å². The topological polar surface area (TPSA) is 347 Å². The van der Waals surface area contributed by atoms with Crippen LogP contribution in [0.1, 0.15) is 12.6 Å². The molecule has 0 spiro atoms. The maximum atomic E-state index is 13.4. The minimum atomic E-state index is -5.59. The normalized spacial score (nSPS) is 31.8. The molecule has 0 bridgehead atoms. The minimum absolute atomic E-state index is 0.0123. The molecule has 0 amide bonds. The van der Waals surface area contributed by atoms with Crippen LogP contribution in [0.5, 0.6) is 0 Å². The van der Waals surface area contributed by atoms with Crippen LogP contribution in [0.15, 0.2) is 36.8 Å². The highest BCUT2D eigenvalue weighted by Gasteiger charge is 2.51. The van der Waals surface area contributed by atoms with E-state index in [0.717, 1.165) is 17.2 Å². The number of aliphatic hydroxyl groups is 3. The number of rotatable bonds is 12. The van der Waals surface area contributed by atoms with E-state index in [-0.39, 0.29) is 17.0 Å². The first-order valence-electron chi connectivity index (χ1n) is 13.0. The van der Waals surface area contributed by atoms with Crippen molar-refractivity contribution in [1.29, 1.82) is 0 Å². The molecule has 2 saturated heterocycles. The molecule has 5 rings (SSSR count). The number of nitrogens with zero attached hydrogens (tertiary/aromatic N) is 5. The molecule has 46 heavy (non-hydrogen) atoms. The van der Waals surface area contributed by atoms with Gasteiger partial charge in [0.05, 0.1) is 19.5 Å². The number of fused-ring (bicyclic) bond motifs is 1. The number of imidazole rings is 1. The zero-order valence-corrected chi connectivity index (χ0v) is 25.8. The van der Waals surface area contributed by atoms with Crippen molar-refractivity contribution in [2.45, 2.75) is 55.5 Å². The van der Waals surface area contributed by atoms with Crippen LogP contribution in [0.4, 0.5) is 5.82 Å². The third-order valence-electron chi connectivity index (χ3n) is 6.81. The van der Waals surface area contributed by atoms with Gasteiger partial charge in [-0.25, -0.2) is 28.6 Å². The zero-order valence-electron chi connectivity index (χ0n) is 23.2. The number of anilines is 1. The number of ether oxygens (including phenoxy) is 2. The second-order valence-electron chi connectivity index (χ2n) is 10.1. The van der Waals surface area contributed by atoms with Gasteiger partial charge in [0.15, 0.2) is 23.9 Å². The quantitative estimate of drug-likeness (QED) is 0.106. The van der Waals surface area contributed by atoms with Crippen molar-refractivity contribution in [3.05, 3.63) is 36.8 Å². The fraction of sp³-hybridized carbons (Fsp3) is 0.550. The van der Waals surface area contributed by atoms with Crippen molar-refractivity contribution in [2.75, 3.05) is 18.9 Å². The number of phosphoric acid groups is 3. The number of phosphoric ester groups is 2. The molecule has 11 N–H and O–H groups in total. The summed E-state index contributed by atoms with van der Waals surface area (Å²) in [5, 5.41) is 31.9. The Kier molecular flexibility index (Phi) is 10.1. The lowest BCUT2D eigenvalue weighted by atomic mass is 10.1. The van der Waals surface area contributed by atoms with Gasteiger partial charge in [0.2, 0.25) is 0 Å². The van der Waals surface area contributed by atoms with Gasteiger partial charge < -0.3 is 60.7 Å². The van der Waals surface area contributed by atoms with Crippen molar-refractivity contribution >= 4 is 40.4 Å². The second kappa shape index (κ2) is 13.2. The monoisotopic (exact) mass is 717 g/mol. The Morgan fingerprint density at radius 1 is 0.891 bits per heavy atom. The standard InChI is InChI=1S/C20H30N7O16P3/c21-9-2-1-3-26(4-9)19-15(30)13(28)10(40-19)5-38-46(37,43-45(34,35)36)39-6-11-14(29)16(42-44(31,32)33)20(41-11)27-8-25-12-17(22)23-7-24-18(12)27/h1,3-4,7-8,10-11,13-16,19-20,28-30H,2,5-6,21H2,(H2,22,23,24)(H2,31,32,33)(H2,34,35,36). The first-order valence-corrected chi connectivity index (χ1v) is 17.5. The Balaban J connectivity index is 1.31. The third kappa shape index (κ3) is 7.83. The molecule has 9 unspecified atom stereocenters. The molecule has 0 saturated carbocycles. The number of allylic oxidation sites excluding steroid dienone is 1. The number of aromatic nitrogens is 4. The summed E-state index contributed by atoms with van der Waals surface area (Å²) in [5.41, 5.74) is 12.1. The molecular formula is C20H30N7O16P3. The van der Waals surface area contributed by atoms with Crippen LogP contribution in [-0.2, 0) is 41.1 Å². The number of hydrogen-bond donors (Lipinski definition) is 9. The van der Waals surface area contributed by atoms with Crippen LogP contribution < -0.4 is 11.5 Å². The molecule has 3 aliphatic rings. The maximum Gasteiger partial charge on any atom is 0.483 e. The smallest absolute Gasteiger partial charge is 0.401 e. The van der Waals surface area contributed by atoms with E-state index in [0.29, 0.717) is 12.1 Å². The Morgan fingerprint density at radius 3 is 2.17 bits per heavy atom. The number of aliphatic hydroxyl groups excluding tert-OH is 3. The van der Waals surface area contributed by atoms with E-state index in [2.05, 4.69) is 19.3 Å². The fourth-order valence-electron chi connectivity index (χ4n) is 4.82. The minimum Gasteiger partial charge on any atom is -0.401 e. The summed E-state index contributed by atoms with van der Waals surface area (Å²) < 4.78 is 68.2. The van der Waals surface area contributed by atoms with Crippen molar-refractivity contribution in [3.63, 3.8) is 0 Å². The first-order chi connectivity index (χ1) is 21.4. The van der Waals surface area contributed by atoms with Crippen LogP contribution in [-0.4, -0.2) is 115 Å². The first kappa shape index (κ1) is 34.9. The summed E-state index contributed by atoms with van der Waals surface area (Å²) >= 11 is 0. The summed E-state index contributed by atoms with van der Waals surface area (Å²) in [7, 11) is -16.2. The lowest BCUT2D eigenvalue weighted by molar-refractivity contribution is -0.0691. The van der Waals surface area contributed by atoms with E-state index >= 15 is 0 Å². The molecule has 0 aliphatic carbocycles. The Labute approximate surface area is 258 Å². The van der Waals surface area contributed by atoms with Crippen LogP contribution >= 0.6 is 23.5 Å². The van der Waals surface area contributed by atoms with E-state index < -0.39 is 85.8 Å². The Morgan fingerprint density at radius 2 is 1.54 bits per heavy atom. The molecule has 2 aromatic rings. The molecule has 9 atom stereocenters. The van der Waals surface area contributed by atoms with Gasteiger partial charge in [-0.05, 0) is 0 Å². The molecule has 26 heteroatoms. The summed E-state index contributed by atoms with van der Waals surface area (Å²) in [6.45, 7) is -1.92. The van der Waals surface area contributed by atoms with Crippen molar-refractivity contribution in [3.8, 4) is 0 Å². The van der Waals surface area contributed by atoms with E-state index in [4.69, 9.17) is 34.5 Å². The number of nitrogen functional groups attached to an aromatic ring is 1. The van der Waals surface area contributed by atoms with Gasteiger partial charge in [-0.2, -0.15) is 4.31 Å². The summed E-state index contributed by atoms with van der Waals surface area (Å²) in [5.74, 6) is -0.0505. The van der Waals surface area contributed by atoms with Crippen LogP contribution in [0.25, 0.3) is 11.2 Å². The zero-order chi connectivity index (χ0) is 33.6. The summed E-state index contributed by atoms with van der Waals surface area (Å²) in [6, 6.07) is 0. The van der Waals surface area contributed by atoms with Crippen molar-refractivity contribution in [1.82, 2.24) is 24.4 Å². The average Bonchev–Trinajstić information content (AvgIpc) is 3.60. The molecule has 2 aromatic heterocycles. The predicted octanol–water partition coefficient (Wildman–Crippen LogP) is -2.14. The van der Waals surface area contributed by atoms with Gasteiger partial charge in [0, 0.05) is 24.5 Å². The summed E-state index contributed by atoms with van der Waals surface area (Å²) in [4.78, 5) is 50.8. The van der Waals surface area contributed by atoms with Gasteiger partial charge in [-0.15, -0.1) is 0 Å². The second-order valence-corrected chi connectivity index (χ2v) is 14.3. The van der Waals surface area contributed by atoms with Crippen molar-refractivity contribution in [2.24, 2.45) is 5.73 Å². The van der Waals surface area contributed by atoms with Gasteiger partial charge in [-0.1, -0.05) is 6.08 Å². The van der Waals surface area contributed by atoms with Gasteiger partial charge in [-0.3, -0.25) is 18.1 Å². The van der Waals surface area contributed by atoms with E-state index in [1.54, 1.807) is 6.08 Å². The van der Waals surface area contributed by atoms with Gasteiger partial charge >= 0.3 is 23.5 Å². The highest BCUT2D eigenvalue weighted by Crippen LogP contribution is 2.61. The highest BCUT2D eigenvalue weighted by molar-refractivity contribution is 7.61. The van der Waals surface area contributed by atoms with Crippen molar-refractivity contribution < 1.29 is 75.9 Å². The molecule has 5 heterocycles. The van der Waals surface area contributed by atoms with E-state index in [1.165, 1.54) is 17.3 Å². The maximum absolute atomic E-state index is 13.4. The molecule has 23 nitrogen and oxygen atoms in total. The highest BCUT2D eigenvalue weighted by atomic mass is 31.3. The molecule has 3 aliphatic heterocycles. The van der Waals surface area contributed by atoms with Crippen LogP contribution in [0, 0.1) is 0 Å². The molecule has 0 radical (unpaired) electrons. The Hall–Kier alpha value is -2.40. The Bertz CT molecular complexity index is 1630. The molecular weight excluding hydrogens is 687 g/mol. The SMILES string of the molecule is NC1=CN(C2OC(COP(=O)(OCC3OC(n4cnc5c(N)ncnc54)C(OP(=O)(O)O)C3O)OP(=O)(O)O)C(O)C2O)C=CC1. The van der Waals surface area contributed by atoms with Gasteiger partial charge in [0.25, 0.3) is 0 Å². The molecule has 0 aromatic carbocycles. The molecule has 256 valence electrons. The lowest BCUT2D eigenvalue weighted by Crippen LogP contribution is -2.40. The van der Waals surface area contributed by atoms with Crippen LogP contribution in [0.3, 0.4) is 0 Å². The molecule has 2 fully saturated rings. The predicted molar refractivity (Wildman–Crippen MR) is 148 cm³/mol. The number of hydrogen-bond acceptors (Lipinski definition) is 18. The number of nitrogens with two attached hydrogens (primary N) is 2. The fourth-order valence-corrected chi connectivity index (χ4v) is 7.52.